The first kappa shape index (κ1) is 18.9. The highest BCUT2D eigenvalue weighted by molar-refractivity contribution is 7.99. The molecule has 0 aromatic heterocycles. The predicted molar refractivity (Wildman–Crippen MR) is 101 cm³/mol. The fourth-order valence-corrected chi connectivity index (χ4v) is 4.27. The van der Waals surface area contributed by atoms with Crippen molar-refractivity contribution in [2.45, 2.75) is 31.4 Å². The zero-order valence-corrected chi connectivity index (χ0v) is 15.7. The summed E-state index contributed by atoms with van der Waals surface area (Å²) in [5.41, 5.74) is 0.902. The first-order chi connectivity index (χ1) is 11.2. The van der Waals surface area contributed by atoms with Crippen LogP contribution in [-0.4, -0.2) is 42.7 Å². The van der Waals surface area contributed by atoms with Gasteiger partial charge in [-0.25, -0.2) is 0 Å². The van der Waals surface area contributed by atoms with Gasteiger partial charge in [-0.15, -0.1) is 11.8 Å². The van der Waals surface area contributed by atoms with Crippen molar-refractivity contribution in [1.29, 1.82) is 0 Å². The molecule has 23 heavy (non-hydrogen) atoms. The van der Waals surface area contributed by atoms with Crippen LogP contribution in [0, 0.1) is 0 Å². The lowest BCUT2D eigenvalue weighted by molar-refractivity contribution is -0.118. The van der Waals surface area contributed by atoms with Crippen molar-refractivity contribution in [1.82, 2.24) is 10.2 Å². The number of carbonyl (C=O) groups excluding carboxylic acids is 1. The summed E-state index contributed by atoms with van der Waals surface area (Å²) in [4.78, 5) is 14.3. The molecule has 128 valence electrons. The quantitative estimate of drug-likeness (QED) is 0.691. The Morgan fingerprint density at radius 1 is 1.17 bits per heavy atom. The van der Waals surface area contributed by atoms with Gasteiger partial charge in [0.25, 0.3) is 0 Å². The number of piperidine rings is 1. The highest BCUT2D eigenvalue weighted by Gasteiger charge is 2.10. The molecule has 0 radical (unpaired) electrons. The summed E-state index contributed by atoms with van der Waals surface area (Å²) in [6.45, 7) is 4.26. The Balaban J connectivity index is 1.56. The maximum absolute atomic E-state index is 11.8. The van der Waals surface area contributed by atoms with E-state index < -0.39 is 0 Å². The topological polar surface area (TPSA) is 32.3 Å². The van der Waals surface area contributed by atoms with Gasteiger partial charge in [0, 0.05) is 22.3 Å². The second kappa shape index (κ2) is 10.4. The molecule has 3 nitrogen and oxygen atoms in total. The standard InChI is InChI=1S/C17H24Cl2N2OS/c18-15-6-4-7-16(19)14(15)12-23-13-17(22)20-8-5-11-21-9-2-1-3-10-21/h4,6-7H,1-3,5,8-13H2,(H,20,22). The van der Waals surface area contributed by atoms with Gasteiger partial charge < -0.3 is 10.2 Å². The predicted octanol–water partition coefficient (Wildman–Crippen LogP) is 4.22. The van der Waals surface area contributed by atoms with E-state index in [9.17, 15) is 4.79 Å². The monoisotopic (exact) mass is 374 g/mol. The van der Waals surface area contributed by atoms with Gasteiger partial charge in [0.05, 0.1) is 5.75 Å². The van der Waals surface area contributed by atoms with Crippen molar-refractivity contribution in [2.75, 3.05) is 31.9 Å². The van der Waals surface area contributed by atoms with Crippen molar-refractivity contribution >= 4 is 40.9 Å². The third kappa shape index (κ3) is 6.92. The largest absolute Gasteiger partial charge is 0.355 e. The van der Waals surface area contributed by atoms with E-state index in [1.165, 1.54) is 44.1 Å². The second-order valence-electron chi connectivity index (χ2n) is 5.80. The highest BCUT2D eigenvalue weighted by atomic mass is 35.5. The van der Waals surface area contributed by atoms with Crippen LogP contribution in [0.2, 0.25) is 10.0 Å². The van der Waals surface area contributed by atoms with Crippen LogP contribution in [0.1, 0.15) is 31.2 Å². The van der Waals surface area contributed by atoms with Crippen molar-refractivity contribution in [3.63, 3.8) is 0 Å². The number of thioether (sulfide) groups is 1. The third-order valence-corrected chi connectivity index (χ3v) is 5.63. The molecular weight excluding hydrogens is 351 g/mol. The minimum Gasteiger partial charge on any atom is -0.355 e. The molecule has 1 aliphatic rings. The Bertz CT molecular complexity index is 487. The van der Waals surface area contributed by atoms with E-state index in [2.05, 4.69) is 10.2 Å². The molecule has 1 saturated heterocycles. The van der Waals surface area contributed by atoms with E-state index in [0.717, 1.165) is 25.1 Å². The number of benzene rings is 1. The third-order valence-electron chi connectivity index (χ3n) is 3.96. The minimum absolute atomic E-state index is 0.0804. The molecule has 0 atom stereocenters. The summed E-state index contributed by atoms with van der Waals surface area (Å²) < 4.78 is 0. The zero-order chi connectivity index (χ0) is 16.5. The van der Waals surface area contributed by atoms with E-state index in [4.69, 9.17) is 23.2 Å². The number of nitrogens with one attached hydrogen (secondary N) is 1. The first-order valence-electron chi connectivity index (χ1n) is 8.16. The van der Waals surface area contributed by atoms with Crippen LogP contribution in [0.5, 0.6) is 0 Å². The molecule has 0 saturated carbocycles. The van der Waals surface area contributed by atoms with Gasteiger partial charge in [0.2, 0.25) is 5.91 Å². The fourth-order valence-electron chi connectivity index (χ4n) is 2.68. The molecule has 1 aliphatic heterocycles. The smallest absolute Gasteiger partial charge is 0.230 e. The number of carbonyl (C=O) groups is 1. The van der Waals surface area contributed by atoms with E-state index in [0.29, 0.717) is 21.6 Å². The molecular formula is C17H24Cl2N2OS. The number of rotatable bonds is 8. The Morgan fingerprint density at radius 3 is 2.57 bits per heavy atom. The zero-order valence-electron chi connectivity index (χ0n) is 13.3. The molecule has 1 heterocycles. The lowest BCUT2D eigenvalue weighted by atomic mass is 10.1. The number of nitrogens with zero attached hydrogens (tertiary/aromatic N) is 1. The molecule has 1 N–H and O–H groups in total. The van der Waals surface area contributed by atoms with Crippen LogP contribution in [0.25, 0.3) is 0 Å². The van der Waals surface area contributed by atoms with Crippen molar-refractivity contribution in [3.05, 3.63) is 33.8 Å². The van der Waals surface area contributed by atoms with E-state index in [1.807, 2.05) is 18.2 Å². The molecule has 1 amide bonds. The van der Waals surface area contributed by atoms with E-state index in [1.54, 1.807) is 0 Å². The summed E-state index contributed by atoms with van der Waals surface area (Å²) in [6.07, 6.45) is 5.01. The van der Waals surface area contributed by atoms with Crippen LogP contribution in [0.4, 0.5) is 0 Å². The van der Waals surface area contributed by atoms with Crippen molar-refractivity contribution in [3.8, 4) is 0 Å². The Hall–Kier alpha value is -0.420. The first-order valence-corrected chi connectivity index (χ1v) is 10.1. The lowest BCUT2D eigenvalue weighted by Crippen LogP contribution is -2.33. The molecule has 0 spiro atoms. The summed E-state index contributed by atoms with van der Waals surface area (Å²) in [5, 5.41) is 4.30. The molecule has 1 aromatic rings. The maximum atomic E-state index is 11.8. The molecule has 6 heteroatoms. The number of hydrogen-bond donors (Lipinski definition) is 1. The van der Waals surface area contributed by atoms with Crippen molar-refractivity contribution < 1.29 is 4.79 Å². The Morgan fingerprint density at radius 2 is 1.87 bits per heavy atom. The van der Waals surface area contributed by atoms with Crippen LogP contribution in [0.15, 0.2) is 18.2 Å². The number of amides is 1. The summed E-state index contributed by atoms with van der Waals surface area (Å²) in [5.74, 6) is 1.17. The van der Waals surface area contributed by atoms with Gasteiger partial charge in [-0.3, -0.25) is 4.79 Å². The van der Waals surface area contributed by atoms with Gasteiger partial charge >= 0.3 is 0 Å². The fraction of sp³-hybridized carbons (Fsp3) is 0.588. The SMILES string of the molecule is O=C(CSCc1c(Cl)cccc1Cl)NCCCN1CCCCC1. The average molecular weight is 375 g/mol. The second-order valence-corrected chi connectivity index (χ2v) is 7.60. The van der Waals surface area contributed by atoms with Gasteiger partial charge in [-0.1, -0.05) is 35.7 Å². The van der Waals surface area contributed by atoms with Crippen molar-refractivity contribution in [2.24, 2.45) is 0 Å². The molecule has 0 unspecified atom stereocenters. The molecule has 1 aromatic carbocycles. The van der Waals surface area contributed by atoms with E-state index >= 15 is 0 Å². The van der Waals surface area contributed by atoms with E-state index in [-0.39, 0.29) is 5.91 Å². The van der Waals surface area contributed by atoms with Gasteiger partial charge in [0.1, 0.15) is 0 Å². The average Bonchev–Trinajstić information content (AvgIpc) is 2.55. The van der Waals surface area contributed by atoms with Crippen LogP contribution in [-0.2, 0) is 10.5 Å². The molecule has 0 bridgehead atoms. The van der Waals surface area contributed by atoms with Gasteiger partial charge in [-0.2, -0.15) is 0 Å². The minimum atomic E-state index is 0.0804. The van der Waals surface area contributed by atoms with Gasteiger partial charge in [0.15, 0.2) is 0 Å². The number of likely N-dealkylation sites (tertiary alicyclic amines) is 1. The van der Waals surface area contributed by atoms with Gasteiger partial charge in [-0.05, 0) is 56.6 Å². The molecule has 0 aliphatic carbocycles. The molecule has 2 rings (SSSR count). The lowest BCUT2D eigenvalue weighted by Gasteiger charge is -2.26. The Labute approximate surface area is 153 Å². The number of halogens is 2. The highest BCUT2D eigenvalue weighted by Crippen LogP contribution is 2.28. The normalized spacial score (nSPS) is 15.6. The Kier molecular flexibility index (Phi) is 8.59. The summed E-state index contributed by atoms with van der Waals surface area (Å²) >= 11 is 13.8. The summed E-state index contributed by atoms with van der Waals surface area (Å²) in [6, 6.07) is 5.47. The maximum Gasteiger partial charge on any atom is 0.230 e. The number of hydrogen-bond acceptors (Lipinski definition) is 3. The van der Waals surface area contributed by atoms with Crippen LogP contribution in [0.3, 0.4) is 0 Å². The summed E-state index contributed by atoms with van der Waals surface area (Å²) in [7, 11) is 0. The van der Waals surface area contributed by atoms with Crippen LogP contribution < -0.4 is 5.32 Å². The molecule has 1 fully saturated rings. The van der Waals surface area contributed by atoms with Crippen LogP contribution >= 0.6 is 35.0 Å².